The molecule has 1 saturated heterocycles. The number of nitrogens with one attached hydrogen (secondary N) is 2. The molecule has 32 heavy (non-hydrogen) atoms. The van der Waals surface area contributed by atoms with Gasteiger partial charge >= 0.3 is 0 Å². The largest absolute Gasteiger partial charge is 0.454 e. The molecule has 1 aromatic carbocycles. The molecule has 0 atom stereocenters. The molecule has 0 spiro atoms. The second kappa shape index (κ2) is 10.1. The lowest BCUT2D eigenvalue weighted by Crippen LogP contribution is -2.42. The highest BCUT2D eigenvalue weighted by molar-refractivity contribution is 7.99. The molecule has 10 heteroatoms. The maximum atomic E-state index is 12.3. The lowest BCUT2D eigenvalue weighted by atomic mass is 9.95. The molecule has 4 rings (SSSR count). The van der Waals surface area contributed by atoms with Gasteiger partial charge in [0.05, 0.1) is 5.75 Å². The van der Waals surface area contributed by atoms with Crippen LogP contribution in [-0.2, 0) is 9.59 Å². The maximum absolute atomic E-state index is 12.3. The lowest BCUT2D eigenvalue weighted by molar-refractivity contribution is -0.126. The first-order chi connectivity index (χ1) is 15.5. The van der Waals surface area contributed by atoms with Gasteiger partial charge in [0, 0.05) is 36.8 Å². The number of benzene rings is 1. The minimum Gasteiger partial charge on any atom is -0.454 e. The monoisotopic (exact) mass is 457 g/mol. The predicted octanol–water partition coefficient (Wildman–Crippen LogP) is 2.68. The lowest BCUT2D eigenvalue weighted by Gasteiger charge is -2.32. The summed E-state index contributed by atoms with van der Waals surface area (Å²) in [5.74, 6) is 2.37. The normalized spacial score (nSPS) is 15.7. The van der Waals surface area contributed by atoms with Gasteiger partial charge in [0.1, 0.15) is 5.03 Å². The Balaban J connectivity index is 1.23. The van der Waals surface area contributed by atoms with Crippen molar-refractivity contribution in [3.63, 3.8) is 0 Å². The van der Waals surface area contributed by atoms with Crippen molar-refractivity contribution in [1.82, 2.24) is 15.5 Å². The minimum atomic E-state index is -0.138. The zero-order valence-electron chi connectivity index (χ0n) is 18.2. The van der Waals surface area contributed by atoms with Crippen molar-refractivity contribution in [2.75, 3.05) is 35.9 Å². The average molecular weight is 458 g/mol. The van der Waals surface area contributed by atoms with Crippen LogP contribution in [0, 0.1) is 5.92 Å². The molecule has 0 aliphatic carbocycles. The van der Waals surface area contributed by atoms with Crippen LogP contribution in [0.15, 0.2) is 35.4 Å². The van der Waals surface area contributed by atoms with Gasteiger partial charge < -0.3 is 25.0 Å². The average Bonchev–Trinajstić information content (AvgIpc) is 3.26. The molecule has 2 aliphatic rings. The summed E-state index contributed by atoms with van der Waals surface area (Å²) >= 11 is 1.33. The standard InChI is InChI=1S/C22H27N5O4S/c1-14(2)23-22(29)15-7-9-27(10-8-15)19-5-6-21(26-25-19)32-12-20(28)24-16-3-4-17-18(11-16)31-13-30-17/h3-6,11,14-15H,7-10,12-13H2,1-2H3,(H,23,29)(H,24,28). The van der Waals surface area contributed by atoms with Crippen molar-refractivity contribution >= 4 is 35.1 Å². The van der Waals surface area contributed by atoms with E-state index in [1.165, 1.54) is 11.8 Å². The number of carbonyl (C=O) groups is 2. The molecular formula is C22H27N5O4S. The van der Waals surface area contributed by atoms with E-state index in [0.717, 1.165) is 31.7 Å². The van der Waals surface area contributed by atoms with E-state index >= 15 is 0 Å². The van der Waals surface area contributed by atoms with Gasteiger partial charge in [-0.2, -0.15) is 0 Å². The Kier molecular flexibility index (Phi) is 6.99. The molecule has 0 saturated carbocycles. The van der Waals surface area contributed by atoms with Crippen LogP contribution >= 0.6 is 11.8 Å². The second-order valence-corrected chi connectivity index (χ2v) is 9.05. The van der Waals surface area contributed by atoms with Gasteiger partial charge in [-0.1, -0.05) is 11.8 Å². The first kappa shape index (κ1) is 22.2. The van der Waals surface area contributed by atoms with Crippen LogP contribution in [0.1, 0.15) is 26.7 Å². The van der Waals surface area contributed by atoms with Crippen LogP contribution in [0.3, 0.4) is 0 Å². The first-order valence-electron chi connectivity index (χ1n) is 10.7. The molecule has 2 N–H and O–H groups in total. The number of carbonyl (C=O) groups excluding carboxylic acids is 2. The van der Waals surface area contributed by atoms with E-state index in [-0.39, 0.29) is 36.3 Å². The van der Waals surface area contributed by atoms with E-state index < -0.39 is 0 Å². The van der Waals surface area contributed by atoms with Crippen LogP contribution in [0.2, 0.25) is 0 Å². The molecule has 0 radical (unpaired) electrons. The first-order valence-corrected chi connectivity index (χ1v) is 11.7. The highest BCUT2D eigenvalue weighted by Crippen LogP contribution is 2.34. The predicted molar refractivity (Wildman–Crippen MR) is 122 cm³/mol. The fraction of sp³-hybridized carbons (Fsp3) is 0.455. The molecule has 1 fully saturated rings. The Labute approximate surface area is 191 Å². The van der Waals surface area contributed by atoms with E-state index in [4.69, 9.17) is 9.47 Å². The number of aromatic nitrogens is 2. The smallest absolute Gasteiger partial charge is 0.234 e. The summed E-state index contributed by atoms with van der Waals surface area (Å²) in [6.07, 6.45) is 1.60. The number of amides is 2. The Bertz CT molecular complexity index is 961. The van der Waals surface area contributed by atoms with Gasteiger partial charge in [-0.05, 0) is 51.0 Å². The Morgan fingerprint density at radius 3 is 2.62 bits per heavy atom. The SMILES string of the molecule is CC(C)NC(=O)C1CCN(c2ccc(SCC(=O)Nc3ccc4c(c3)OCO4)nn2)CC1. The van der Waals surface area contributed by atoms with Gasteiger partial charge in [-0.15, -0.1) is 10.2 Å². The molecular weight excluding hydrogens is 430 g/mol. The highest BCUT2D eigenvalue weighted by Gasteiger charge is 2.26. The molecule has 0 unspecified atom stereocenters. The number of fused-ring (bicyclic) bond motifs is 1. The number of thioether (sulfide) groups is 1. The fourth-order valence-corrected chi connectivity index (χ4v) is 4.26. The molecule has 2 aliphatic heterocycles. The third-order valence-electron chi connectivity index (χ3n) is 5.25. The van der Waals surface area contributed by atoms with E-state index in [9.17, 15) is 9.59 Å². The highest BCUT2D eigenvalue weighted by atomic mass is 32.2. The topological polar surface area (TPSA) is 106 Å². The van der Waals surface area contributed by atoms with E-state index in [1.54, 1.807) is 18.2 Å². The number of hydrogen-bond acceptors (Lipinski definition) is 8. The number of piperidine rings is 1. The zero-order valence-corrected chi connectivity index (χ0v) is 19.0. The Morgan fingerprint density at radius 1 is 1.12 bits per heavy atom. The number of anilines is 2. The van der Waals surface area contributed by atoms with Crippen LogP contribution in [-0.4, -0.2) is 53.7 Å². The van der Waals surface area contributed by atoms with Crippen molar-refractivity contribution < 1.29 is 19.1 Å². The summed E-state index contributed by atoms with van der Waals surface area (Å²) in [6.45, 7) is 5.69. The molecule has 9 nitrogen and oxygen atoms in total. The van der Waals surface area contributed by atoms with Crippen molar-refractivity contribution in [2.45, 2.75) is 37.8 Å². The van der Waals surface area contributed by atoms with Gasteiger partial charge in [0.15, 0.2) is 17.3 Å². The molecule has 0 bridgehead atoms. The van der Waals surface area contributed by atoms with E-state index in [2.05, 4.69) is 25.7 Å². The van der Waals surface area contributed by atoms with E-state index in [0.29, 0.717) is 22.2 Å². The summed E-state index contributed by atoms with van der Waals surface area (Å²) in [7, 11) is 0. The quantitative estimate of drug-likeness (QED) is 0.612. The summed E-state index contributed by atoms with van der Waals surface area (Å²) < 4.78 is 10.6. The number of ether oxygens (including phenoxy) is 2. The van der Waals surface area contributed by atoms with Gasteiger partial charge in [0.2, 0.25) is 18.6 Å². The van der Waals surface area contributed by atoms with Crippen LogP contribution in [0.4, 0.5) is 11.5 Å². The summed E-state index contributed by atoms with van der Waals surface area (Å²) in [5.41, 5.74) is 0.659. The summed E-state index contributed by atoms with van der Waals surface area (Å²) in [5, 5.41) is 15.1. The van der Waals surface area contributed by atoms with Crippen LogP contribution in [0.25, 0.3) is 0 Å². The summed E-state index contributed by atoms with van der Waals surface area (Å²) in [4.78, 5) is 26.6. The van der Waals surface area contributed by atoms with Crippen molar-refractivity contribution in [2.24, 2.45) is 5.92 Å². The van der Waals surface area contributed by atoms with E-state index in [1.807, 2.05) is 26.0 Å². The number of hydrogen-bond donors (Lipinski definition) is 2. The van der Waals surface area contributed by atoms with Crippen molar-refractivity contribution in [3.05, 3.63) is 30.3 Å². The maximum Gasteiger partial charge on any atom is 0.234 e. The number of nitrogens with zero attached hydrogens (tertiary/aromatic N) is 3. The third kappa shape index (κ3) is 5.61. The summed E-state index contributed by atoms with van der Waals surface area (Å²) in [6, 6.07) is 9.25. The Morgan fingerprint density at radius 2 is 1.91 bits per heavy atom. The van der Waals surface area contributed by atoms with Gasteiger partial charge in [-0.3, -0.25) is 9.59 Å². The van der Waals surface area contributed by atoms with Gasteiger partial charge in [0.25, 0.3) is 0 Å². The molecule has 2 amide bonds. The molecule has 2 aromatic rings. The number of rotatable bonds is 7. The minimum absolute atomic E-state index is 0.0553. The van der Waals surface area contributed by atoms with Crippen molar-refractivity contribution in [3.8, 4) is 11.5 Å². The van der Waals surface area contributed by atoms with Gasteiger partial charge in [-0.25, -0.2) is 0 Å². The van der Waals surface area contributed by atoms with Crippen LogP contribution in [0.5, 0.6) is 11.5 Å². The molecule has 3 heterocycles. The molecule has 1 aromatic heterocycles. The zero-order chi connectivity index (χ0) is 22.5. The Hall–Kier alpha value is -3.01. The van der Waals surface area contributed by atoms with Crippen molar-refractivity contribution in [1.29, 1.82) is 0 Å². The molecule has 170 valence electrons. The van der Waals surface area contributed by atoms with Crippen LogP contribution < -0.4 is 25.0 Å². The second-order valence-electron chi connectivity index (χ2n) is 8.06. The fourth-order valence-electron chi connectivity index (χ4n) is 3.64. The third-order valence-corrected chi connectivity index (χ3v) is 6.17.